The van der Waals surface area contributed by atoms with E-state index in [2.05, 4.69) is 18.8 Å². The zero-order valence-corrected chi connectivity index (χ0v) is 37.7. The Kier molecular flexibility index (Phi) is 30.8. The second-order valence-electron chi connectivity index (χ2n) is 16.6. The van der Waals surface area contributed by atoms with E-state index in [1.165, 1.54) is 116 Å². The lowest BCUT2D eigenvalue weighted by Crippen LogP contribution is -2.42. The van der Waals surface area contributed by atoms with Gasteiger partial charge in [-0.05, 0) is 12.8 Å². The highest BCUT2D eigenvalue weighted by Crippen LogP contribution is 2.33. The van der Waals surface area contributed by atoms with Crippen LogP contribution in [0, 0.1) is 0 Å². The Morgan fingerprint density at radius 2 is 0.918 bits per heavy atom. The largest absolute Gasteiger partial charge is 0.466 e. The number of carbonyl (C=O) groups is 4. The normalized spacial score (nSPS) is 17.3. The van der Waals surface area contributed by atoms with Crippen LogP contribution in [0.4, 0.5) is 0 Å². The Bertz CT molecular complexity index is 1440. The first kappa shape index (κ1) is 53.6. The first-order chi connectivity index (χ1) is 29.7. The third-order valence-electron chi connectivity index (χ3n) is 11.2. The Hall–Kier alpha value is -3.52. The molecule has 1 aromatic rings. The maximum Gasteiger partial charge on any atom is 0.330 e. The van der Waals surface area contributed by atoms with Crippen molar-refractivity contribution in [3.63, 3.8) is 0 Å². The van der Waals surface area contributed by atoms with E-state index in [1.807, 2.05) is 0 Å². The molecule has 2 rings (SSSR count). The minimum Gasteiger partial charge on any atom is -0.466 e. The van der Waals surface area contributed by atoms with Gasteiger partial charge in [-0.15, -0.1) is 0 Å². The molecule has 14 nitrogen and oxygen atoms in total. The summed E-state index contributed by atoms with van der Waals surface area (Å²) < 4.78 is 28.6. The number of H-pyrrole nitrogens is 1. The number of aliphatic hydroxyl groups is 1. The fourth-order valence-electron chi connectivity index (χ4n) is 7.56. The lowest BCUT2D eigenvalue weighted by Gasteiger charge is -2.24. The van der Waals surface area contributed by atoms with Crippen molar-refractivity contribution in [3.8, 4) is 0 Å². The Morgan fingerprint density at radius 3 is 1.30 bits per heavy atom. The molecule has 61 heavy (non-hydrogen) atoms. The second-order valence-corrected chi connectivity index (χ2v) is 16.6. The van der Waals surface area contributed by atoms with Crippen molar-refractivity contribution in [1.29, 1.82) is 0 Å². The highest BCUT2D eigenvalue weighted by atomic mass is 16.6. The average molecular weight is 865 g/mol. The van der Waals surface area contributed by atoms with Gasteiger partial charge in [0.1, 0.15) is 6.10 Å². The topological polar surface area (TPSA) is 190 Å². The number of hydrogen-bond donors (Lipinski definition) is 2. The molecule has 4 atom stereocenters. The molecular weight excluding hydrogens is 785 g/mol. The van der Waals surface area contributed by atoms with Crippen LogP contribution in [0.25, 0.3) is 0 Å². The highest BCUT2D eigenvalue weighted by molar-refractivity contribution is 5.78. The van der Waals surface area contributed by atoms with Gasteiger partial charge in [0, 0.05) is 12.3 Å². The van der Waals surface area contributed by atoms with E-state index in [9.17, 15) is 33.9 Å². The Balaban J connectivity index is 1.73. The predicted octanol–water partition coefficient (Wildman–Crippen LogP) is 9.08. The van der Waals surface area contributed by atoms with Crippen LogP contribution in [-0.2, 0) is 42.9 Å². The Labute approximate surface area is 364 Å². The first-order valence-electron chi connectivity index (χ1n) is 24.0. The summed E-state index contributed by atoms with van der Waals surface area (Å²) in [4.78, 5) is 77.3. The number of esters is 4. The fraction of sp³-hybridized carbons (Fsp3) is 0.830. The first-order valence-corrected chi connectivity index (χ1v) is 24.0. The van der Waals surface area contributed by atoms with Crippen LogP contribution >= 0.6 is 0 Å². The van der Waals surface area contributed by atoms with Crippen molar-refractivity contribution < 1.29 is 48.0 Å². The van der Waals surface area contributed by atoms with E-state index in [0.29, 0.717) is 0 Å². The van der Waals surface area contributed by atoms with Gasteiger partial charge in [-0.1, -0.05) is 168 Å². The SMILES string of the molecule is CCCCCCCCCCCCCCCOC(=O)CCC(=O)O[C@@H]1[C@H](OC(=O)CCC(=O)OCCCCCCCCCCCCCCC)[C@@H](CO)O[C@H]1n1ccc(=O)[nH]c1=O. The van der Waals surface area contributed by atoms with Crippen molar-refractivity contribution in [2.45, 2.75) is 231 Å². The molecule has 1 aliphatic heterocycles. The number of aromatic amines is 1. The van der Waals surface area contributed by atoms with Gasteiger partial charge in [-0.3, -0.25) is 33.5 Å². The van der Waals surface area contributed by atoms with Crippen molar-refractivity contribution in [1.82, 2.24) is 9.55 Å². The number of carbonyl (C=O) groups excluding carboxylic acids is 4. The lowest BCUT2D eigenvalue weighted by molar-refractivity contribution is -0.170. The fourth-order valence-corrected chi connectivity index (χ4v) is 7.56. The van der Waals surface area contributed by atoms with Gasteiger partial charge in [-0.2, -0.15) is 0 Å². The third-order valence-corrected chi connectivity index (χ3v) is 11.2. The quantitative estimate of drug-likeness (QED) is 0.0365. The summed E-state index contributed by atoms with van der Waals surface area (Å²) in [6.07, 6.45) is 25.7. The van der Waals surface area contributed by atoms with E-state index in [-0.39, 0.29) is 38.9 Å². The molecule has 0 unspecified atom stereocenters. The second kappa shape index (κ2) is 35.0. The monoisotopic (exact) mass is 865 g/mol. The van der Waals surface area contributed by atoms with Crippen molar-refractivity contribution >= 4 is 23.9 Å². The van der Waals surface area contributed by atoms with E-state index in [0.717, 1.165) is 68.2 Å². The van der Waals surface area contributed by atoms with Crippen molar-refractivity contribution in [3.05, 3.63) is 33.1 Å². The molecule has 0 aromatic carbocycles. The highest BCUT2D eigenvalue weighted by Gasteiger charge is 2.50. The van der Waals surface area contributed by atoms with Crippen LogP contribution < -0.4 is 11.2 Å². The summed E-state index contributed by atoms with van der Waals surface area (Å²) >= 11 is 0. The maximum atomic E-state index is 13.0. The number of unbranched alkanes of at least 4 members (excludes halogenated alkanes) is 24. The van der Waals surface area contributed by atoms with Gasteiger partial charge in [0.2, 0.25) is 0 Å². The van der Waals surface area contributed by atoms with Gasteiger partial charge in [0.05, 0.1) is 45.5 Å². The number of nitrogens with zero attached hydrogens (tertiary/aromatic N) is 1. The molecule has 0 bridgehead atoms. The summed E-state index contributed by atoms with van der Waals surface area (Å²) in [6, 6.07) is 1.06. The number of ether oxygens (including phenoxy) is 5. The molecule has 1 fully saturated rings. The third kappa shape index (κ3) is 25.3. The number of hydrogen-bond acceptors (Lipinski definition) is 12. The maximum absolute atomic E-state index is 13.0. The smallest absolute Gasteiger partial charge is 0.330 e. The minimum atomic E-state index is -1.44. The zero-order chi connectivity index (χ0) is 44.3. The molecule has 0 amide bonds. The van der Waals surface area contributed by atoms with E-state index in [4.69, 9.17) is 23.7 Å². The number of nitrogens with one attached hydrogen (secondary N) is 1. The van der Waals surface area contributed by atoms with Crippen LogP contribution in [0.5, 0.6) is 0 Å². The number of aliphatic hydroxyl groups excluding tert-OH is 1. The lowest BCUT2D eigenvalue weighted by atomic mass is 10.0. The molecule has 2 N–H and O–H groups in total. The van der Waals surface area contributed by atoms with E-state index >= 15 is 0 Å². The minimum absolute atomic E-state index is 0.247. The van der Waals surface area contributed by atoms with Gasteiger partial charge >= 0.3 is 29.6 Å². The summed E-state index contributed by atoms with van der Waals surface area (Å²) in [5, 5.41) is 10.1. The molecule has 0 spiro atoms. The van der Waals surface area contributed by atoms with Crippen LogP contribution in [0.1, 0.15) is 213 Å². The van der Waals surface area contributed by atoms with Gasteiger partial charge in [0.25, 0.3) is 5.56 Å². The van der Waals surface area contributed by atoms with Crippen molar-refractivity contribution in [2.75, 3.05) is 19.8 Å². The molecule has 0 radical (unpaired) electrons. The molecule has 0 aliphatic carbocycles. The Morgan fingerprint density at radius 1 is 0.557 bits per heavy atom. The number of rotatable bonds is 38. The predicted molar refractivity (Wildman–Crippen MR) is 234 cm³/mol. The molecule has 1 aliphatic rings. The number of aromatic nitrogens is 2. The average Bonchev–Trinajstić information content (AvgIpc) is 3.57. The van der Waals surface area contributed by atoms with E-state index < -0.39 is 66.3 Å². The zero-order valence-electron chi connectivity index (χ0n) is 37.7. The van der Waals surface area contributed by atoms with Gasteiger partial charge < -0.3 is 28.8 Å². The molecular formula is C47H80N2O12. The molecule has 0 saturated carbocycles. The standard InChI is InChI=1S/C47H80N2O12/c1-3-5-7-9-11-13-15-17-19-21-23-25-27-35-57-40(52)29-31-42(54)60-44-38(37-50)59-46(49-34-33-39(51)48-47(49)56)45(44)61-43(55)32-30-41(53)58-36-28-26-24-22-20-18-16-14-12-10-8-6-4-2/h33-34,38,44-46,50H,3-32,35-37H2,1-2H3,(H,48,51,56)/t38-,44-,45-,46-/m1/s1. The summed E-state index contributed by atoms with van der Waals surface area (Å²) in [6.45, 7) is 4.30. The van der Waals surface area contributed by atoms with Gasteiger partial charge in [0.15, 0.2) is 18.4 Å². The summed E-state index contributed by atoms with van der Waals surface area (Å²) in [5.74, 6) is -2.81. The molecule has 350 valence electrons. The molecule has 14 heteroatoms. The van der Waals surface area contributed by atoms with Crippen LogP contribution in [0.3, 0.4) is 0 Å². The van der Waals surface area contributed by atoms with E-state index in [1.54, 1.807) is 0 Å². The summed E-state index contributed by atoms with van der Waals surface area (Å²) in [7, 11) is 0. The van der Waals surface area contributed by atoms with Crippen LogP contribution in [0.2, 0.25) is 0 Å². The van der Waals surface area contributed by atoms with Gasteiger partial charge in [-0.25, -0.2) is 4.79 Å². The molecule has 2 heterocycles. The summed E-state index contributed by atoms with van der Waals surface area (Å²) in [5.41, 5.74) is -1.56. The molecule has 1 saturated heterocycles. The molecule has 1 aromatic heterocycles. The van der Waals surface area contributed by atoms with Crippen LogP contribution in [-0.4, -0.2) is 76.7 Å². The van der Waals surface area contributed by atoms with Crippen molar-refractivity contribution in [2.24, 2.45) is 0 Å². The van der Waals surface area contributed by atoms with Crippen LogP contribution in [0.15, 0.2) is 21.9 Å².